The molecule has 0 bridgehead atoms. The van der Waals surface area contributed by atoms with Gasteiger partial charge in [0.15, 0.2) is 0 Å². The van der Waals surface area contributed by atoms with Crippen LogP contribution in [0.5, 0.6) is 0 Å². The van der Waals surface area contributed by atoms with Crippen LogP contribution in [0.15, 0.2) is 40.9 Å². The molecule has 2 saturated heterocycles. The van der Waals surface area contributed by atoms with Crippen molar-refractivity contribution in [1.29, 1.82) is 5.26 Å². The highest BCUT2D eigenvalue weighted by molar-refractivity contribution is 8.03. The second-order valence-corrected chi connectivity index (χ2v) is 7.07. The van der Waals surface area contributed by atoms with Gasteiger partial charge in [0, 0.05) is 31.9 Å². The van der Waals surface area contributed by atoms with Gasteiger partial charge in [-0.25, -0.2) is 0 Å². The molecule has 0 saturated carbocycles. The van der Waals surface area contributed by atoms with Crippen molar-refractivity contribution in [2.24, 2.45) is 0 Å². The molecule has 144 valence electrons. The number of hydrogen-bond donors (Lipinski definition) is 2. The molecule has 3 rings (SSSR count). The van der Waals surface area contributed by atoms with Gasteiger partial charge in [-0.05, 0) is 12.1 Å². The maximum Gasteiger partial charge on any atom is 0.437 e. The second-order valence-electron chi connectivity index (χ2n) is 6.11. The molecule has 2 fully saturated rings. The van der Waals surface area contributed by atoms with E-state index in [1.807, 2.05) is 0 Å². The Morgan fingerprint density at radius 3 is 2.44 bits per heavy atom. The van der Waals surface area contributed by atoms with Gasteiger partial charge in [0.05, 0.1) is 5.75 Å². The van der Waals surface area contributed by atoms with E-state index in [1.54, 1.807) is 12.1 Å². The molecule has 2 aliphatic heterocycles. The zero-order valence-electron chi connectivity index (χ0n) is 14.2. The number of hydrogen-bond acceptors (Lipinski definition) is 6. The van der Waals surface area contributed by atoms with Crippen LogP contribution in [0.4, 0.5) is 18.9 Å². The fourth-order valence-corrected chi connectivity index (χ4v) is 4.27. The average Bonchev–Trinajstić information content (AvgIpc) is 3.02. The monoisotopic (exact) mass is 398 g/mol. The minimum Gasteiger partial charge on any atom is -0.362 e. The third kappa shape index (κ3) is 3.50. The lowest BCUT2D eigenvalue weighted by atomic mass is 10.1. The van der Waals surface area contributed by atoms with E-state index >= 15 is 0 Å². The van der Waals surface area contributed by atoms with Crippen molar-refractivity contribution >= 4 is 23.4 Å². The Morgan fingerprint density at radius 1 is 1.26 bits per heavy atom. The minimum absolute atomic E-state index is 0.0539. The highest BCUT2D eigenvalue weighted by atomic mass is 32.2. The molecular weight excluding hydrogens is 381 g/mol. The Bertz CT molecular complexity index is 788. The Morgan fingerprint density at radius 2 is 1.89 bits per heavy atom. The van der Waals surface area contributed by atoms with Gasteiger partial charge in [0.1, 0.15) is 16.7 Å². The smallest absolute Gasteiger partial charge is 0.362 e. The molecular formula is C17H17F3N4O2S. The minimum atomic E-state index is -4.98. The third-order valence-electron chi connectivity index (χ3n) is 4.40. The fourth-order valence-electron chi connectivity index (χ4n) is 2.98. The van der Waals surface area contributed by atoms with Crippen LogP contribution in [-0.2, 0) is 4.79 Å². The average molecular weight is 398 g/mol. The highest BCUT2D eigenvalue weighted by Crippen LogP contribution is 2.50. The van der Waals surface area contributed by atoms with E-state index in [0.717, 1.165) is 0 Å². The van der Waals surface area contributed by atoms with E-state index in [1.165, 1.54) is 29.2 Å². The van der Waals surface area contributed by atoms with E-state index in [4.69, 9.17) is 0 Å². The number of anilines is 1. The number of para-hydroxylation sites is 1. The summed E-state index contributed by atoms with van der Waals surface area (Å²) in [5.41, 5.74) is -3.55. The Balaban J connectivity index is 2.10. The van der Waals surface area contributed by atoms with Gasteiger partial charge in [-0.1, -0.05) is 18.2 Å². The molecule has 1 aromatic rings. The van der Waals surface area contributed by atoms with Crippen LogP contribution in [0.2, 0.25) is 0 Å². The van der Waals surface area contributed by atoms with Crippen molar-refractivity contribution in [1.82, 2.24) is 10.2 Å². The van der Waals surface area contributed by atoms with Crippen molar-refractivity contribution in [3.63, 3.8) is 0 Å². The number of nitriles is 1. The van der Waals surface area contributed by atoms with Gasteiger partial charge in [-0.15, -0.1) is 11.8 Å². The lowest BCUT2D eigenvalue weighted by molar-refractivity contribution is -0.246. The van der Waals surface area contributed by atoms with Crippen molar-refractivity contribution < 1.29 is 23.1 Å². The normalized spacial score (nSPS) is 25.3. The lowest BCUT2D eigenvalue weighted by Crippen LogP contribution is -2.57. The summed E-state index contributed by atoms with van der Waals surface area (Å²) in [7, 11) is 0. The second kappa shape index (κ2) is 7.42. The number of amides is 1. The number of aliphatic hydroxyl groups is 1. The van der Waals surface area contributed by atoms with Gasteiger partial charge < -0.3 is 15.3 Å². The summed E-state index contributed by atoms with van der Waals surface area (Å²) >= 11 is 0.654. The maximum atomic E-state index is 13.7. The van der Waals surface area contributed by atoms with Crippen LogP contribution >= 0.6 is 11.8 Å². The van der Waals surface area contributed by atoms with Gasteiger partial charge >= 0.3 is 6.18 Å². The van der Waals surface area contributed by atoms with Gasteiger partial charge in [0.25, 0.3) is 11.6 Å². The Hall–Kier alpha value is -2.22. The zero-order valence-corrected chi connectivity index (χ0v) is 15.0. The first-order chi connectivity index (χ1) is 12.8. The SMILES string of the molecule is N#C/C(C(=O)N1CCNCC1)=C1/SCC(O)(C(F)(F)F)N1c1ccccc1. The molecule has 0 aliphatic carbocycles. The number of benzene rings is 1. The van der Waals surface area contributed by atoms with Crippen molar-refractivity contribution in [2.45, 2.75) is 11.9 Å². The predicted molar refractivity (Wildman–Crippen MR) is 94.5 cm³/mol. The Kier molecular flexibility index (Phi) is 5.37. The van der Waals surface area contributed by atoms with Gasteiger partial charge in [-0.2, -0.15) is 18.4 Å². The molecule has 27 heavy (non-hydrogen) atoms. The molecule has 0 spiro atoms. The molecule has 1 aromatic carbocycles. The summed E-state index contributed by atoms with van der Waals surface area (Å²) < 4.78 is 41.0. The predicted octanol–water partition coefficient (Wildman–Crippen LogP) is 1.66. The molecule has 0 aromatic heterocycles. The summed E-state index contributed by atoms with van der Waals surface area (Å²) in [6.07, 6.45) is -4.98. The molecule has 2 heterocycles. The number of carbonyl (C=O) groups is 1. The van der Waals surface area contributed by atoms with Crippen molar-refractivity contribution in [3.05, 3.63) is 40.9 Å². The number of halogens is 3. The first-order valence-electron chi connectivity index (χ1n) is 8.21. The molecule has 2 N–H and O–H groups in total. The van der Waals surface area contributed by atoms with E-state index in [9.17, 15) is 28.3 Å². The molecule has 2 aliphatic rings. The highest BCUT2D eigenvalue weighted by Gasteiger charge is 2.63. The summed E-state index contributed by atoms with van der Waals surface area (Å²) in [6, 6.07) is 9.22. The van der Waals surface area contributed by atoms with E-state index in [0.29, 0.717) is 42.8 Å². The lowest BCUT2D eigenvalue weighted by Gasteiger charge is -2.36. The molecule has 6 nitrogen and oxygen atoms in total. The van der Waals surface area contributed by atoms with Crippen LogP contribution in [0.25, 0.3) is 0 Å². The summed E-state index contributed by atoms with van der Waals surface area (Å²) in [4.78, 5) is 14.8. The molecule has 1 unspecified atom stereocenters. The first kappa shape index (κ1) is 19.5. The zero-order chi connectivity index (χ0) is 19.7. The van der Waals surface area contributed by atoms with E-state index in [2.05, 4.69) is 5.32 Å². The number of nitrogens with one attached hydrogen (secondary N) is 1. The van der Waals surface area contributed by atoms with Gasteiger partial charge in [-0.3, -0.25) is 9.69 Å². The fraction of sp³-hybridized carbons (Fsp3) is 0.412. The molecule has 1 amide bonds. The number of carbonyl (C=O) groups excluding carboxylic acids is 1. The molecule has 0 radical (unpaired) electrons. The van der Waals surface area contributed by atoms with Gasteiger partial charge in [0.2, 0.25) is 0 Å². The van der Waals surface area contributed by atoms with Crippen molar-refractivity contribution in [2.75, 3.05) is 36.8 Å². The largest absolute Gasteiger partial charge is 0.437 e. The van der Waals surface area contributed by atoms with E-state index in [-0.39, 0.29) is 10.7 Å². The van der Waals surface area contributed by atoms with Crippen LogP contribution in [-0.4, -0.2) is 59.7 Å². The van der Waals surface area contributed by atoms with Crippen molar-refractivity contribution in [3.8, 4) is 6.07 Å². The molecule has 1 atom stereocenters. The maximum absolute atomic E-state index is 13.7. The van der Waals surface area contributed by atoms with Crippen LogP contribution in [0.3, 0.4) is 0 Å². The van der Waals surface area contributed by atoms with Crippen LogP contribution < -0.4 is 10.2 Å². The number of alkyl halides is 3. The van der Waals surface area contributed by atoms with E-state index < -0.39 is 29.1 Å². The number of piperazine rings is 1. The summed E-state index contributed by atoms with van der Waals surface area (Å²) in [6.45, 7) is 1.80. The summed E-state index contributed by atoms with van der Waals surface area (Å²) in [5, 5.41) is 22.9. The van der Waals surface area contributed by atoms with Crippen LogP contribution in [0, 0.1) is 11.3 Å². The number of nitrogens with zero attached hydrogens (tertiary/aromatic N) is 3. The van der Waals surface area contributed by atoms with Crippen LogP contribution in [0.1, 0.15) is 0 Å². The molecule has 10 heteroatoms. The Labute approximate surface area is 158 Å². The number of rotatable bonds is 2. The first-order valence-corrected chi connectivity index (χ1v) is 9.19. The quantitative estimate of drug-likeness (QED) is 0.583. The summed E-state index contributed by atoms with van der Waals surface area (Å²) in [5.74, 6) is -1.37. The number of thioether (sulfide) groups is 1. The third-order valence-corrected chi connectivity index (χ3v) is 5.60. The standard InChI is InChI=1S/C17H17F3N4O2S/c18-17(19,20)16(26)11-27-15(24(16)12-4-2-1-3-5-12)13(10-21)14(25)23-8-6-22-7-9-23/h1-5,22,26H,6-9,11H2/b15-13-. The topological polar surface area (TPSA) is 79.6 Å².